The minimum Gasteiger partial charge on any atom is -0.438 e. The third-order valence-electron chi connectivity index (χ3n) is 10.3. The number of amides is 2. The molecule has 11 heteroatoms. The first-order chi connectivity index (χ1) is 24.8. The van der Waals surface area contributed by atoms with E-state index in [1.807, 2.05) is 28.9 Å². The maximum atomic E-state index is 14.4. The van der Waals surface area contributed by atoms with Crippen molar-refractivity contribution in [3.8, 4) is 22.8 Å². The fourth-order valence-corrected chi connectivity index (χ4v) is 7.79. The molecule has 1 saturated heterocycles. The zero-order valence-corrected chi connectivity index (χ0v) is 29.5. The third kappa shape index (κ3) is 8.83. The molecule has 2 atom stereocenters. The smallest absolute Gasteiger partial charge is 0.272 e. The van der Waals surface area contributed by atoms with Gasteiger partial charge in [-0.3, -0.25) is 14.3 Å². The number of hydrogen-bond acceptors (Lipinski definition) is 7. The van der Waals surface area contributed by atoms with E-state index in [0.29, 0.717) is 36.4 Å². The van der Waals surface area contributed by atoms with Gasteiger partial charge in [0, 0.05) is 49.5 Å². The van der Waals surface area contributed by atoms with Crippen molar-refractivity contribution in [2.45, 2.75) is 95.9 Å². The van der Waals surface area contributed by atoms with Crippen LogP contribution < -0.4 is 20.7 Å². The summed E-state index contributed by atoms with van der Waals surface area (Å²) >= 11 is 0. The van der Waals surface area contributed by atoms with E-state index in [-0.39, 0.29) is 29.4 Å². The number of carbonyl (C=O) groups excluding carboxylic acids is 2. The summed E-state index contributed by atoms with van der Waals surface area (Å²) in [7, 11) is 0. The molecule has 4 heterocycles. The molecule has 2 fully saturated rings. The van der Waals surface area contributed by atoms with Crippen LogP contribution in [-0.2, 0) is 19.4 Å². The van der Waals surface area contributed by atoms with Crippen LogP contribution in [0.5, 0.6) is 11.6 Å². The number of rotatable bonds is 11. The molecule has 7 rings (SSSR count). The SMILES string of the molecule is C[C@@H]1CN(CCCc2ccc(-c3cccc(Oc4ncc(F)cc4C(=O)N[C@H]4CC[C@@H](NC(=O)c5cc6n(n5)CCC6)CC4)c3)cc2)C[C@H](C)N1. The first kappa shape index (κ1) is 34.8. The summed E-state index contributed by atoms with van der Waals surface area (Å²) < 4.78 is 22.4. The van der Waals surface area contributed by atoms with E-state index in [1.165, 1.54) is 5.56 Å². The van der Waals surface area contributed by atoms with E-state index >= 15 is 0 Å². The maximum absolute atomic E-state index is 14.4. The Morgan fingerprint density at radius 2 is 1.65 bits per heavy atom. The van der Waals surface area contributed by atoms with E-state index < -0.39 is 11.7 Å². The average molecular weight is 694 g/mol. The molecule has 2 aromatic carbocycles. The molecule has 10 nitrogen and oxygen atoms in total. The highest BCUT2D eigenvalue weighted by atomic mass is 19.1. The molecule has 2 amide bonds. The highest BCUT2D eigenvalue weighted by molar-refractivity contribution is 5.96. The largest absolute Gasteiger partial charge is 0.438 e. The summed E-state index contributed by atoms with van der Waals surface area (Å²) in [5, 5.41) is 14.2. The van der Waals surface area contributed by atoms with Crippen LogP contribution in [0.1, 0.15) is 84.5 Å². The quantitative estimate of drug-likeness (QED) is 0.179. The van der Waals surface area contributed by atoms with Crippen molar-refractivity contribution in [1.29, 1.82) is 0 Å². The van der Waals surface area contributed by atoms with E-state index in [2.05, 4.69) is 69.0 Å². The van der Waals surface area contributed by atoms with Gasteiger partial charge < -0.3 is 25.6 Å². The predicted molar refractivity (Wildman–Crippen MR) is 194 cm³/mol. The van der Waals surface area contributed by atoms with Gasteiger partial charge in [-0.2, -0.15) is 5.10 Å². The van der Waals surface area contributed by atoms with Crippen molar-refractivity contribution < 1.29 is 18.7 Å². The van der Waals surface area contributed by atoms with Crippen molar-refractivity contribution in [2.24, 2.45) is 0 Å². The number of carbonyl (C=O) groups is 2. The molecular weight excluding hydrogens is 645 g/mol. The summed E-state index contributed by atoms with van der Waals surface area (Å²) in [5.74, 6) is -0.662. The number of aryl methyl sites for hydroxylation is 3. The zero-order valence-electron chi connectivity index (χ0n) is 29.5. The second-order valence-electron chi connectivity index (χ2n) is 14.5. The van der Waals surface area contributed by atoms with Crippen LogP contribution >= 0.6 is 0 Å². The van der Waals surface area contributed by atoms with Crippen molar-refractivity contribution in [3.63, 3.8) is 0 Å². The minimum atomic E-state index is -0.616. The van der Waals surface area contributed by atoms with Gasteiger partial charge in [-0.15, -0.1) is 0 Å². The van der Waals surface area contributed by atoms with Crippen molar-refractivity contribution >= 4 is 11.8 Å². The van der Waals surface area contributed by atoms with Crippen molar-refractivity contribution in [3.05, 3.63) is 95.2 Å². The van der Waals surface area contributed by atoms with Gasteiger partial charge >= 0.3 is 0 Å². The summed E-state index contributed by atoms with van der Waals surface area (Å²) in [5.41, 5.74) is 4.95. The Hall–Kier alpha value is -4.61. The van der Waals surface area contributed by atoms with Crippen LogP contribution in [0.2, 0.25) is 0 Å². The van der Waals surface area contributed by atoms with Crippen molar-refractivity contribution in [1.82, 2.24) is 35.6 Å². The summed E-state index contributed by atoms with van der Waals surface area (Å²) in [6.45, 7) is 8.65. The van der Waals surface area contributed by atoms with Gasteiger partial charge in [0.1, 0.15) is 22.8 Å². The van der Waals surface area contributed by atoms with Crippen LogP contribution in [0.15, 0.2) is 66.9 Å². The van der Waals surface area contributed by atoms with E-state index in [4.69, 9.17) is 4.74 Å². The second kappa shape index (κ2) is 15.7. The van der Waals surface area contributed by atoms with Gasteiger partial charge in [0.05, 0.1) is 6.20 Å². The average Bonchev–Trinajstić information content (AvgIpc) is 3.74. The topological polar surface area (TPSA) is 113 Å². The van der Waals surface area contributed by atoms with Crippen LogP contribution in [0.25, 0.3) is 11.1 Å². The Morgan fingerprint density at radius 1 is 0.922 bits per heavy atom. The molecule has 3 aliphatic rings. The molecule has 0 spiro atoms. The van der Waals surface area contributed by atoms with Crippen LogP contribution in [0.4, 0.5) is 4.39 Å². The van der Waals surface area contributed by atoms with Gasteiger partial charge in [-0.1, -0.05) is 36.4 Å². The first-order valence-electron chi connectivity index (χ1n) is 18.5. The van der Waals surface area contributed by atoms with Crippen LogP contribution in [-0.4, -0.2) is 75.3 Å². The van der Waals surface area contributed by atoms with Gasteiger partial charge in [-0.05, 0) is 113 Å². The maximum Gasteiger partial charge on any atom is 0.272 e. The van der Waals surface area contributed by atoms with E-state index in [1.54, 1.807) is 6.07 Å². The molecule has 2 aliphatic heterocycles. The number of nitrogens with zero attached hydrogens (tertiary/aromatic N) is 4. The molecule has 268 valence electrons. The molecule has 51 heavy (non-hydrogen) atoms. The van der Waals surface area contributed by atoms with Crippen LogP contribution in [0, 0.1) is 5.82 Å². The highest BCUT2D eigenvalue weighted by Gasteiger charge is 2.27. The van der Waals surface area contributed by atoms with Crippen LogP contribution in [0.3, 0.4) is 0 Å². The van der Waals surface area contributed by atoms with Crippen molar-refractivity contribution in [2.75, 3.05) is 19.6 Å². The number of benzene rings is 2. The van der Waals surface area contributed by atoms with Gasteiger partial charge in [0.25, 0.3) is 11.8 Å². The normalized spacial score (nSPS) is 21.9. The molecule has 2 aromatic heterocycles. The zero-order chi connectivity index (χ0) is 35.3. The Kier molecular flexibility index (Phi) is 10.7. The fourth-order valence-electron chi connectivity index (χ4n) is 7.79. The first-order valence-corrected chi connectivity index (χ1v) is 18.5. The molecule has 3 N–H and O–H groups in total. The number of ether oxygens (including phenoxy) is 1. The van der Waals surface area contributed by atoms with E-state index in [0.717, 1.165) is 93.8 Å². The lowest BCUT2D eigenvalue weighted by Gasteiger charge is -2.36. The highest BCUT2D eigenvalue weighted by Crippen LogP contribution is 2.30. The number of aromatic nitrogens is 3. The lowest BCUT2D eigenvalue weighted by atomic mass is 9.91. The molecule has 1 aliphatic carbocycles. The van der Waals surface area contributed by atoms with E-state index in [9.17, 15) is 14.0 Å². The summed E-state index contributed by atoms with van der Waals surface area (Å²) in [6, 6.07) is 20.2. The lowest BCUT2D eigenvalue weighted by Crippen LogP contribution is -2.54. The molecule has 0 unspecified atom stereocenters. The van der Waals surface area contributed by atoms with Gasteiger partial charge in [-0.25, -0.2) is 9.37 Å². The predicted octanol–water partition coefficient (Wildman–Crippen LogP) is 5.91. The number of piperazine rings is 1. The number of pyridine rings is 1. The lowest BCUT2D eigenvalue weighted by molar-refractivity contribution is 0.0887. The van der Waals surface area contributed by atoms with Gasteiger partial charge in [0.15, 0.2) is 0 Å². The van der Waals surface area contributed by atoms with Gasteiger partial charge in [0.2, 0.25) is 5.88 Å². The number of hydrogen-bond donors (Lipinski definition) is 3. The summed E-state index contributed by atoms with van der Waals surface area (Å²) in [4.78, 5) is 32.9. The Bertz CT molecular complexity index is 1800. The monoisotopic (exact) mass is 693 g/mol. The number of nitrogens with one attached hydrogen (secondary N) is 3. The number of halogens is 1. The Labute approximate surface area is 299 Å². The number of fused-ring (bicyclic) bond motifs is 1. The Morgan fingerprint density at radius 3 is 2.37 bits per heavy atom. The molecule has 0 radical (unpaired) electrons. The third-order valence-corrected chi connectivity index (χ3v) is 10.3. The fraction of sp³-hybridized carbons (Fsp3) is 0.450. The second-order valence-corrected chi connectivity index (χ2v) is 14.5. The minimum absolute atomic E-state index is 0.0100. The summed E-state index contributed by atoms with van der Waals surface area (Å²) in [6.07, 6.45) is 8.04. The Balaban J connectivity index is 0.919. The standard InChI is InChI=1S/C40H48FN7O3/c1-26-24-47(25-27(2)43-26)18-4-6-28-10-12-29(13-11-28)30-7-3-9-35(20-30)51-40-36(21-31(41)23-42-40)38(49)44-32-14-16-33(17-15-32)45-39(50)37-22-34-8-5-19-48(34)46-37/h3,7,9-13,20-23,26-27,32-33,43H,4-6,8,14-19,24-25H2,1-2H3,(H,44,49)(H,45,50)/t26-,27+,32-,33+. The molecular formula is C40H48FN7O3. The molecule has 4 aromatic rings. The molecule has 1 saturated carbocycles. The molecule has 0 bridgehead atoms.